The van der Waals surface area contributed by atoms with Crippen LogP contribution in [0.2, 0.25) is 0 Å². The summed E-state index contributed by atoms with van der Waals surface area (Å²) in [7, 11) is 0. The summed E-state index contributed by atoms with van der Waals surface area (Å²) in [6.45, 7) is 1.96. The van der Waals surface area contributed by atoms with Crippen molar-refractivity contribution in [3.8, 4) is 0 Å². The first-order valence-corrected chi connectivity index (χ1v) is 6.11. The fourth-order valence-electron chi connectivity index (χ4n) is 1.11. The van der Waals surface area contributed by atoms with Crippen molar-refractivity contribution in [2.24, 2.45) is 0 Å². The zero-order chi connectivity index (χ0) is 11.5. The number of aromatic nitrogens is 2. The van der Waals surface area contributed by atoms with Crippen molar-refractivity contribution in [2.75, 3.05) is 5.32 Å². The first-order valence-electron chi connectivity index (χ1n) is 4.50. The molecule has 2 aromatic heterocycles. The first kappa shape index (κ1) is 11.2. The molecule has 0 radical (unpaired) electrons. The molecule has 16 heavy (non-hydrogen) atoms. The Morgan fingerprint density at radius 1 is 1.38 bits per heavy atom. The molecule has 0 aliphatic carbocycles. The Kier molecular flexibility index (Phi) is 3.31. The Morgan fingerprint density at radius 2 is 2.19 bits per heavy atom. The fourth-order valence-corrected chi connectivity index (χ4v) is 2.08. The number of carbonyl (C=O) groups excluding carboxylic acids is 1. The molecule has 2 rings (SSSR count). The summed E-state index contributed by atoms with van der Waals surface area (Å²) in [5.74, 6) is 0.286. The molecule has 0 spiro atoms. The molecule has 4 nitrogen and oxygen atoms in total. The van der Waals surface area contributed by atoms with Crippen molar-refractivity contribution in [3.63, 3.8) is 0 Å². The van der Waals surface area contributed by atoms with Crippen LogP contribution in [0.5, 0.6) is 0 Å². The van der Waals surface area contributed by atoms with Crippen LogP contribution in [-0.4, -0.2) is 15.9 Å². The van der Waals surface area contributed by atoms with Crippen molar-refractivity contribution >= 4 is 39.0 Å². The molecule has 1 amide bonds. The Morgan fingerprint density at radius 3 is 2.75 bits per heavy atom. The molecular formula is C10H8BrN3OS. The van der Waals surface area contributed by atoms with Gasteiger partial charge in [0.15, 0.2) is 5.82 Å². The van der Waals surface area contributed by atoms with Crippen molar-refractivity contribution in [2.45, 2.75) is 6.92 Å². The van der Waals surface area contributed by atoms with Crippen LogP contribution in [0.1, 0.15) is 14.5 Å². The third kappa shape index (κ3) is 2.65. The number of thiophene rings is 1. The molecule has 82 valence electrons. The quantitative estimate of drug-likeness (QED) is 0.927. The van der Waals surface area contributed by atoms with E-state index in [0.29, 0.717) is 15.3 Å². The Labute approximate surface area is 105 Å². The minimum atomic E-state index is -0.158. The summed E-state index contributed by atoms with van der Waals surface area (Å²) in [6, 6.07) is 3.70. The summed E-state index contributed by atoms with van der Waals surface area (Å²) >= 11 is 4.62. The second kappa shape index (κ2) is 4.71. The maximum Gasteiger partial charge on any atom is 0.266 e. The molecule has 0 aliphatic heterocycles. The molecule has 2 heterocycles. The minimum Gasteiger partial charge on any atom is -0.305 e. The zero-order valence-corrected chi connectivity index (χ0v) is 10.8. The highest BCUT2D eigenvalue weighted by Gasteiger charge is 2.08. The van der Waals surface area contributed by atoms with E-state index in [-0.39, 0.29) is 5.91 Å². The van der Waals surface area contributed by atoms with Crippen molar-refractivity contribution in [3.05, 3.63) is 38.9 Å². The van der Waals surface area contributed by atoms with Crippen molar-refractivity contribution in [1.29, 1.82) is 0 Å². The molecule has 0 aromatic carbocycles. The van der Waals surface area contributed by atoms with E-state index in [1.807, 2.05) is 13.0 Å². The summed E-state index contributed by atoms with van der Waals surface area (Å²) in [4.78, 5) is 21.5. The second-order valence-corrected chi connectivity index (χ2v) is 5.19. The standard InChI is InChI=1S/C10H8BrN3OS/c1-6-2-3-7(16-6)10(15)14-9-5-12-8(11)4-13-9/h2-5H,1H3,(H,13,14,15). The van der Waals surface area contributed by atoms with Gasteiger partial charge in [-0.15, -0.1) is 11.3 Å². The minimum absolute atomic E-state index is 0.158. The summed E-state index contributed by atoms with van der Waals surface area (Å²) in [5, 5.41) is 2.68. The number of rotatable bonds is 2. The summed E-state index contributed by atoms with van der Waals surface area (Å²) < 4.78 is 0.637. The normalized spacial score (nSPS) is 10.1. The number of nitrogens with one attached hydrogen (secondary N) is 1. The molecule has 0 fully saturated rings. The number of carbonyl (C=O) groups is 1. The average molecular weight is 298 g/mol. The monoisotopic (exact) mass is 297 g/mol. The lowest BCUT2D eigenvalue weighted by Gasteiger charge is -2.01. The van der Waals surface area contributed by atoms with Crippen LogP contribution in [0.3, 0.4) is 0 Å². The van der Waals surface area contributed by atoms with Crippen LogP contribution in [0.15, 0.2) is 29.1 Å². The average Bonchev–Trinajstić information content (AvgIpc) is 2.68. The molecule has 6 heteroatoms. The largest absolute Gasteiger partial charge is 0.305 e. The number of hydrogen-bond acceptors (Lipinski definition) is 4. The maximum atomic E-state index is 11.7. The highest BCUT2D eigenvalue weighted by atomic mass is 79.9. The van der Waals surface area contributed by atoms with Gasteiger partial charge >= 0.3 is 0 Å². The summed E-state index contributed by atoms with van der Waals surface area (Å²) in [5.41, 5.74) is 0. The number of amides is 1. The van der Waals surface area contributed by atoms with E-state index >= 15 is 0 Å². The molecular weight excluding hydrogens is 290 g/mol. The van der Waals surface area contributed by atoms with Gasteiger partial charge in [-0.3, -0.25) is 4.79 Å². The van der Waals surface area contributed by atoms with E-state index in [4.69, 9.17) is 0 Å². The maximum absolute atomic E-state index is 11.7. The van der Waals surface area contributed by atoms with Crippen molar-refractivity contribution < 1.29 is 4.79 Å². The van der Waals surface area contributed by atoms with E-state index in [9.17, 15) is 4.79 Å². The van der Waals surface area contributed by atoms with E-state index < -0.39 is 0 Å². The Hall–Kier alpha value is -1.27. The van der Waals surface area contributed by atoms with Gasteiger partial charge in [0.25, 0.3) is 5.91 Å². The van der Waals surface area contributed by atoms with Gasteiger partial charge in [0.2, 0.25) is 0 Å². The molecule has 0 unspecified atom stereocenters. The third-order valence-electron chi connectivity index (χ3n) is 1.83. The molecule has 0 saturated heterocycles. The van der Waals surface area contributed by atoms with E-state index in [1.165, 1.54) is 23.7 Å². The van der Waals surface area contributed by atoms with E-state index in [0.717, 1.165) is 4.88 Å². The number of nitrogens with zero attached hydrogens (tertiary/aromatic N) is 2. The van der Waals surface area contributed by atoms with Gasteiger partial charge in [0.1, 0.15) is 4.60 Å². The Balaban J connectivity index is 2.10. The summed E-state index contributed by atoms with van der Waals surface area (Å²) in [6.07, 6.45) is 3.04. The van der Waals surface area contributed by atoms with Gasteiger partial charge in [-0.05, 0) is 35.0 Å². The molecule has 1 N–H and O–H groups in total. The van der Waals surface area contributed by atoms with Gasteiger partial charge in [0.05, 0.1) is 17.3 Å². The van der Waals surface area contributed by atoms with Gasteiger partial charge in [0, 0.05) is 4.88 Å². The second-order valence-electron chi connectivity index (χ2n) is 3.09. The first-order chi connectivity index (χ1) is 7.65. The third-order valence-corrected chi connectivity index (χ3v) is 3.24. The number of aryl methyl sites for hydroxylation is 1. The smallest absolute Gasteiger partial charge is 0.266 e. The van der Waals surface area contributed by atoms with Gasteiger partial charge < -0.3 is 5.32 Å². The number of halogens is 1. The van der Waals surface area contributed by atoms with Gasteiger partial charge in [-0.1, -0.05) is 0 Å². The van der Waals surface area contributed by atoms with Crippen LogP contribution in [0.4, 0.5) is 5.82 Å². The number of anilines is 1. The molecule has 0 atom stereocenters. The molecule has 0 saturated carbocycles. The van der Waals surface area contributed by atoms with Crippen LogP contribution in [-0.2, 0) is 0 Å². The van der Waals surface area contributed by atoms with E-state index in [2.05, 4.69) is 31.2 Å². The lowest BCUT2D eigenvalue weighted by Crippen LogP contribution is -2.11. The lowest BCUT2D eigenvalue weighted by molar-refractivity contribution is 0.103. The van der Waals surface area contributed by atoms with E-state index in [1.54, 1.807) is 6.07 Å². The highest BCUT2D eigenvalue weighted by molar-refractivity contribution is 9.10. The number of hydrogen-bond donors (Lipinski definition) is 1. The Bertz CT molecular complexity index is 509. The predicted octanol–water partition coefficient (Wildman–Crippen LogP) is 2.86. The molecule has 0 aliphatic rings. The highest BCUT2D eigenvalue weighted by Crippen LogP contribution is 2.16. The molecule has 2 aromatic rings. The predicted molar refractivity (Wildman–Crippen MR) is 66.7 cm³/mol. The van der Waals surface area contributed by atoms with Crippen LogP contribution in [0, 0.1) is 6.92 Å². The van der Waals surface area contributed by atoms with Crippen LogP contribution in [0.25, 0.3) is 0 Å². The van der Waals surface area contributed by atoms with Gasteiger partial charge in [-0.2, -0.15) is 0 Å². The molecule has 0 bridgehead atoms. The van der Waals surface area contributed by atoms with Gasteiger partial charge in [-0.25, -0.2) is 9.97 Å². The SMILES string of the molecule is Cc1ccc(C(=O)Nc2cnc(Br)cn2)s1. The van der Waals surface area contributed by atoms with Crippen LogP contribution < -0.4 is 5.32 Å². The van der Waals surface area contributed by atoms with Crippen molar-refractivity contribution in [1.82, 2.24) is 9.97 Å². The van der Waals surface area contributed by atoms with Crippen LogP contribution >= 0.6 is 27.3 Å². The lowest BCUT2D eigenvalue weighted by atomic mass is 10.4. The zero-order valence-electron chi connectivity index (χ0n) is 8.40. The fraction of sp³-hybridized carbons (Fsp3) is 0.100. The topological polar surface area (TPSA) is 54.9 Å².